The summed E-state index contributed by atoms with van der Waals surface area (Å²) < 4.78 is 21.5. The number of benzene rings is 4. The Bertz CT molecular complexity index is 1760. The van der Waals surface area contributed by atoms with Crippen molar-refractivity contribution in [1.82, 2.24) is 21.3 Å². The Hall–Kier alpha value is -6.37. The first-order chi connectivity index (χ1) is 27.4. The van der Waals surface area contributed by atoms with E-state index in [9.17, 15) is 24.0 Å². The van der Waals surface area contributed by atoms with Crippen LogP contribution in [0.3, 0.4) is 0 Å². The predicted molar refractivity (Wildman–Crippen MR) is 209 cm³/mol. The van der Waals surface area contributed by atoms with E-state index in [-0.39, 0.29) is 45.8 Å². The lowest BCUT2D eigenvalue weighted by molar-refractivity contribution is -0.149. The Labute approximate surface area is 327 Å². The van der Waals surface area contributed by atoms with Crippen molar-refractivity contribution in [3.05, 3.63) is 144 Å². The van der Waals surface area contributed by atoms with Gasteiger partial charge in [-0.05, 0) is 60.8 Å². The third kappa shape index (κ3) is 17.2. The van der Waals surface area contributed by atoms with Crippen LogP contribution >= 0.6 is 0 Å². The van der Waals surface area contributed by atoms with E-state index in [4.69, 9.17) is 18.9 Å². The van der Waals surface area contributed by atoms with Gasteiger partial charge in [0.15, 0.2) is 0 Å². The molecule has 13 heteroatoms. The molecular formula is C43H50N4O9. The van der Waals surface area contributed by atoms with Crippen molar-refractivity contribution in [3.63, 3.8) is 0 Å². The number of hydrogen-bond acceptors (Lipinski definition) is 9. The summed E-state index contributed by atoms with van der Waals surface area (Å²) in [6.07, 6.45) is 0.328. The maximum atomic E-state index is 13.7. The van der Waals surface area contributed by atoms with Gasteiger partial charge in [0.2, 0.25) is 5.91 Å². The molecule has 0 spiro atoms. The highest BCUT2D eigenvalue weighted by Crippen LogP contribution is 2.10. The predicted octanol–water partition coefficient (Wildman–Crippen LogP) is 6.70. The van der Waals surface area contributed by atoms with Crippen LogP contribution in [0.2, 0.25) is 0 Å². The zero-order valence-electron chi connectivity index (χ0n) is 31.4. The number of carbonyl (C=O) groups excluding carboxylic acids is 5. The van der Waals surface area contributed by atoms with E-state index < -0.39 is 42.2 Å². The molecule has 0 saturated carbocycles. The van der Waals surface area contributed by atoms with Crippen molar-refractivity contribution in [3.8, 4) is 0 Å². The molecule has 56 heavy (non-hydrogen) atoms. The summed E-state index contributed by atoms with van der Waals surface area (Å²) in [7, 11) is 0. The normalized spacial score (nSPS) is 11.6. The molecule has 0 fully saturated rings. The molecular weight excluding hydrogens is 716 g/mol. The standard InChI is InChI=1S/C43H50N4O9/c48-39(37(47-43(52)56-32-36-23-11-4-12-24-36)25-13-15-27-44-41(50)54-30-34-19-7-2-8-20-34)46-38(40(49)53-29-33-17-5-1-6-18-33)26-14-16-28-45-42(51)55-31-35-21-9-3-10-22-35/h1-12,17-24,37-38H,13-16,25-32H2,(H,44,50)(H,45,51)(H,46,48)(H,47,52)/t37-,38-/m0/s1. The van der Waals surface area contributed by atoms with E-state index in [1.165, 1.54) is 0 Å². The fourth-order valence-corrected chi connectivity index (χ4v) is 5.40. The van der Waals surface area contributed by atoms with E-state index in [1.807, 2.05) is 121 Å². The number of esters is 1. The van der Waals surface area contributed by atoms with Gasteiger partial charge in [-0.25, -0.2) is 19.2 Å². The molecule has 0 aliphatic carbocycles. The number of ether oxygens (including phenoxy) is 4. The summed E-state index contributed by atoms with van der Waals surface area (Å²) in [5.74, 6) is -1.23. The van der Waals surface area contributed by atoms with E-state index in [2.05, 4.69) is 21.3 Å². The van der Waals surface area contributed by atoms with Crippen molar-refractivity contribution in [2.75, 3.05) is 13.1 Å². The SMILES string of the molecule is O=C(NCCCC[C@H](NC(=O)OCc1ccccc1)C(=O)N[C@@H](CCCCNC(=O)OCc1ccccc1)C(=O)OCc1ccccc1)OCc1ccccc1. The minimum absolute atomic E-state index is 0.00169. The molecule has 0 heterocycles. The number of carbonyl (C=O) groups is 5. The fourth-order valence-electron chi connectivity index (χ4n) is 5.40. The summed E-state index contributed by atoms with van der Waals surface area (Å²) in [5.41, 5.74) is 3.28. The van der Waals surface area contributed by atoms with E-state index in [0.717, 1.165) is 22.3 Å². The number of alkyl carbamates (subject to hydrolysis) is 3. The summed E-state index contributed by atoms with van der Waals surface area (Å²) in [6.45, 7) is 0.853. The summed E-state index contributed by atoms with van der Waals surface area (Å²) in [4.78, 5) is 64.4. The molecule has 4 amide bonds. The van der Waals surface area contributed by atoms with Crippen LogP contribution < -0.4 is 21.3 Å². The van der Waals surface area contributed by atoms with Crippen LogP contribution in [0.4, 0.5) is 14.4 Å². The maximum absolute atomic E-state index is 13.7. The van der Waals surface area contributed by atoms with Crippen molar-refractivity contribution >= 4 is 30.2 Å². The van der Waals surface area contributed by atoms with Gasteiger partial charge < -0.3 is 40.2 Å². The molecule has 0 aromatic heterocycles. The maximum Gasteiger partial charge on any atom is 0.408 e. The second-order valence-corrected chi connectivity index (χ2v) is 12.9. The molecule has 13 nitrogen and oxygen atoms in total. The van der Waals surface area contributed by atoms with Crippen molar-refractivity contribution in [2.45, 2.75) is 77.0 Å². The van der Waals surface area contributed by atoms with Crippen LogP contribution in [0.15, 0.2) is 121 Å². The number of rotatable bonds is 22. The third-order valence-electron chi connectivity index (χ3n) is 8.45. The first-order valence-electron chi connectivity index (χ1n) is 18.7. The summed E-state index contributed by atoms with van der Waals surface area (Å²) in [6, 6.07) is 34.8. The van der Waals surface area contributed by atoms with Crippen molar-refractivity contribution < 1.29 is 42.9 Å². The number of hydrogen-bond donors (Lipinski definition) is 4. The first-order valence-corrected chi connectivity index (χ1v) is 18.7. The monoisotopic (exact) mass is 766 g/mol. The largest absolute Gasteiger partial charge is 0.459 e. The number of amides is 4. The van der Waals surface area contributed by atoms with E-state index >= 15 is 0 Å². The Morgan fingerprint density at radius 3 is 1.18 bits per heavy atom. The topological polar surface area (TPSA) is 170 Å². The van der Waals surface area contributed by atoms with Crippen LogP contribution in [0, 0.1) is 0 Å². The van der Waals surface area contributed by atoms with Gasteiger partial charge in [0, 0.05) is 13.1 Å². The Kier molecular flexibility index (Phi) is 18.8. The van der Waals surface area contributed by atoms with Crippen LogP contribution in [-0.2, 0) is 55.0 Å². The van der Waals surface area contributed by atoms with Gasteiger partial charge in [0.05, 0.1) is 0 Å². The lowest BCUT2D eigenvalue weighted by Crippen LogP contribution is -2.52. The zero-order chi connectivity index (χ0) is 39.6. The van der Waals surface area contributed by atoms with Gasteiger partial charge in [0.1, 0.15) is 38.5 Å². The second kappa shape index (κ2) is 24.8. The lowest BCUT2D eigenvalue weighted by atomic mass is 10.1. The average molecular weight is 767 g/mol. The average Bonchev–Trinajstić information content (AvgIpc) is 3.23. The van der Waals surface area contributed by atoms with Crippen molar-refractivity contribution in [1.29, 1.82) is 0 Å². The molecule has 4 aromatic carbocycles. The molecule has 0 aliphatic rings. The summed E-state index contributed by atoms with van der Waals surface area (Å²) in [5, 5.41) is 10.8. The number of unbranched alkanes of at least 4 members (excludes halogenated alkanes) is 2. The van der Waals surface area contributed by atoms with Gasteiger partial charge in [-0.2, -0.15) is 0 Å². The second-order valence-electron chi connectivity index (χ2n) is 12.9. The van der Waals surface area contributed by atoms with E-state index in [1.54, 1.807) is 0 Å². The molecule has 0 bridgehead atoms. The molecule has 4 rings (SSSR count). The Morgan fingerprint density at radius 1 is 0.411 bits per heavy atom. The highest BCUT2D eigenvalue weighted by Gasteiger charge is 2.28. The van der Waals surface area contributed by atoms with Crippen LogP contribution in [0.25, 0.3) is 0 Å². The van der Waals surface area contributed by atoms with Crippen LogP contribution in [0.5, 0.6) is 0 Å². The van der Waals surface area contributed by atoms with Crippen LogP contribution in [-0.4, -0.2) is 55.3 Å². The van der Waals surface area contributed by atoms with Gasteiger partial charge in [0.25, 0.3) is 0 Å². The quantitative estimate of drug-likeness (QED) is 0.0386. The van der Waals surface area contributed by atoms with Gasteiger partial charge in [-0.1, -0.05) is 121 Å². The van der Waals surface area contributed by atoms with Crippen molar-refractivity contribution in [2.24, 2.45) is 0 Å². The molecule has 4 aromatic rings. The van der Waals surface area contributed by atoms with Crippen LogP contribution in [0.1, 0.15) is 60.8 Å². The highest BCUT2D eigenvalue weighted by atomic mass is 16.6. The molecule has 296 valence electrons. The molecule has 2 atom stereocenters. The first kappa shape index (κ1) is 42.4. The summed E-state index contributed by atoms with van der Waals surface area (Å²) >= 11 is 0. The Morgan fingerprint density at radius 2 is 0.768 bits per heavy atom. The minimum atomic E-state index is -1.06. The molecule has 4 N–H and O–H groups in total. The fraction of sp³-hybridized carbons (Fsp3) is 0.326. The smallest absolute Gasteiger partial charge is 0.408 e. The minimum Gasteiger partial charge on any atom is -0.459 e. The third-order valence-corrected chi connectivity index (χ3v) is 8.45. The van der Waals surface area contributed by atoms with Gasteiger partial charge in [-0.3, -0.25) is 4.79 Å². The number of nitrogens with one attached hydrogen (secondary N) is 4. The molecule has 0 unspecified atom stereocenters. The Balaban J connectivity index is 1.30. The highest BCUT2D eigenvalue weighted by molar-refractivity contribution is 5.89. The van der Waals surface area contributed by atoms with E-state index in [0.29, 0.717) is 32.2 Å². The van der Waals surface area contributed by atoms with Gasteiger partial charge in [-0.15, -0.1) is 0 Å². The van der Waals surface area contributed by atoms with Gasteiger partial charge >= 0.3 is 24.2 Å². The molecule has 0 saturated heterocycles. The molecule has 0 radical (unpaired) electrons. The zero-order valence-corrected chi connectivity index (χ0v) is 31.4. The lowest BCUT2D eigenvalue weighted by Gasteiger charge is -2.23. The molecule has 0 aliphatic heterocycles.